The molecule has 11 nitrogen and oxygen atoms in total. The molecule has 2 heterocycles. The van der Waals surface area contributed by atoms with Crippen molar-refractivity contribution in [3.63, 3.8) is 0 Å². The molecular weight excluding hydrogens is 429 g/mol. The van der Waals surface area contributed by atoms with E-state index in [1.165, 1.54) is 0 Å². The van der Waals surface area contributed by atoms with E-state index < -0.39 is 72.3 Å². The van der Waals surface area contributed by atoms with Crippen molar-refractivity contribution in [1.29, 1.82) is 0 Å². The fraction of sp³-hybridized carbons (Fsp3) is 0.529. The number of aliphatic hydroxyl groups is 2. The molecule has 1 aromatic heterocycles. The molecule has 0 amide bonds. The highest BCUT2D eigenvalue weighted by Crippen LogP contribution is 2.41. The number of halogens is 3. The summed E-state index contributed by atoms with van der Waals surface area (Å²) in [5.41, 5.74) is 2.76. The van der Waals surface area contributed by atoms with Gasteiger partial charge in [-0.2, -0.15) is 17.7 Å². The Morgan fingerprint density at radius 3 is 2.55 bits per heavy atom. The molecule has 5 N–H and O–H groups in total. The number of terminal acetylenes is 1. The minimum Gasteiger partial charge on any atom is -0.394 e. The number of Topliss-reactive ketones (excluding diaryl/α,β-unsaturated/α-hetero) is 1. The molecule has 1 aliphatic rings. The molecule has 0 saturated carbocycles. The molecule has 0 aliphatic carbocycles. The van der Waals surface area contributed by atoms with Gasteiger partial charge in [0.15, 0.2) is 0 Å². The first-order chi connectivity index (χ1) is 14.3. The minimum atomic E-state index is -5.48. The van der Waals surface area contributed by atoms with E-state index in [2.05, 4.69) is 5.32 Å². The lowest BCUT2D eigenvalue weighted by Crippen LogP contribution is -2.63. The third-order valence-electron chi connectivity index (χ3n) is 4.61. The van der Waals surface area contributed by atoms with Gasteiger partial charge in [0.25, 0.3) is 11.5 Å². The molecule has 1 saturated heterocycles. The molecule has 5 atom stereocenters. The number of aromatic nitrogens is 2. The van der Waals surface area contributed by atoms with Crippen LogP contribution in [0.25, 0.3) is 0 Å². The van der Waals surface area contributed by atoms with Crippen molar-refractivity contribution in [2.75, 3.05) is 13.2 Å². The number of ether oxygens (including phenoxy) is 1. The van der Waals surface area contributed by atoms with Gasteiger partial charge in [-0.05, 0) is 6.92 Å². The Hall–Kier alpha value is -2.83. The zero-order valence-electron chi connectivity index (χ0n) is 16.0. The van der Waals surface area contributed by atoms with E-state index in [0.717, 1.165) is 6.92 Å². The lowest BCUT2D eigenvalue weighted by molar-refractivity contribution is -0.196. The van der Waals surface area contributed by atoms with Gasteiger partial charge < -0.3 is 20.7 Å². The molecule has 31 heavy (non-hydrogen) atoms. The van der Waals surface area contributed by atoms with Gasteiger partial charge in [0.1, 0.15) is 12.0 Å². The Morgan fingerprint density at radius 1 is 1.45 bits per heavy atom. The smallest absolute Gasteiger partial charge is 0.394 e. The number of nitrogens with one attached hydrogen (secondary N) is 1. The van der Waals surface area contributed by atoms with Crippen LogP contribution in [-0.2, 0) is 15.4 Å². The monoisotopic (exact) mass is 448 g/mol. The molecular formula is C17H19F3N4O7. The van der Waals surface area contributed by atoms with Crippen molar-refractivity contribution < 1.29 is 37.7 Å². The lowest BCUT2D eigenvalue weighted by Gasteiger charge is -2.36. The number of carbonyl (C=O) groups is 2. The number of alkyl halides is 3. The number of hydrogen-bond acceptors (Lipinski definition) is 9. The average Bonchev–Trinajstić information content (AvgIpc) is 2.97. The molecule has 0 radical (unpaired) electrons. The summed E-state index contributed by atoms with van der Waals surface area (Å²) in [5.74, 6) is -6.99. The van der Waals surface area contributed by atoms with E-state index >= 15 is 0 Å². The predicted octanol–water partition coefficient (Wildman–Crippen LogP) is -2.67. The van der Waals surface area contributed by atoms with E-state index in [1.807, 2.05) is 5.92 Å². The number of ketones is 1. The van der Waals surface area contributed by atoms with Crippen molar-refractivity contribution in [2.45, 2.75) is 37.2 Å². The van der Waals surface area contributed by atoms with E-state index in [1.54, 1.807) is 0 Å². The standard InChI is InChI=1S/C17H19F3N4O7/c1-3-5-22-17(11(13(28)16(18,19)20)12(27)9(7-25)31-17)23-6-4-10(26)24(15(23)30)14(29)8(2)21/h1,4,6,8-9,11-12,22,25,27H,5,7,21H2,2H3/t8-,9+,11-,12+,17-/m0/s1. The summed E-state index contributed by atoms with van der Waals surface area (Å²) in [5, 5.41) is 22.0. The van der Waals surface area contributed by atoms with Gasteiger partial charge >= 0.3 is 11.9 Å². The highest BCUT2D eigenvalue weighted by Gasteiger charge is 2.64. The largest absolute Gasteiger partial charge is 0.450 e. The molecule has 1 fully saturated rings. The highest BCUT2D eigenvalue weighted by molar-refractivity contribution is 5.88. The Kier molecular flexibility index (Phi) is 6.88. The van der Waals surface area contributed by atoms with Gasteiger partial charge in [0, 0.05) is 12.3 Å². The highest BCUT2D eigenvalue weighted by atomic mass is 19.4. The van der Waals surface area contributed by atoms with E-state index in [0.29, 0.717) is 16.8 Å². The first-order valence-corrected chi connectivity index (χ1v) is 8.74. The minimum absolute atomic E-state index is 0.0428. The van der Waals surface area contributed by atoms with Crippen molar-refractivity contribution in [1.82, 2.24) is 14.5 Å². The van der Waals surface area contributed by atoms with Crippen LogP contribution in [0.3, 0.4) is 0 Å². The second-order valence-electron chi connectivity index (χ2n) is 6.69. The summed E-state index contributed by atoms with van der Waals surface area (Å²) in [7, 11) is 0. The SMILES string of the molecule is C#CCN[C@@]1(n2ccc(=O)n(C(=O)[C@H](C)N)c2=O)O[C@H](CO)[C@@H](O)[C@H]1C(=O)C(F)(F)F. The normalized spacial score (nSPS) is 27.0. The zero-order chi connectivity index (χ0) is 23.7. The van der Waals surface area contributed by atoms with Crippen molar-refractivity contribution in [3.05, 3.63) is 33.1 Å². The molecule has 0 aromatic carbocycles. The maximum absolute atomic E-state index is 13.3. The number of carbonyl (C=O) groups excluding carboxylic acids is 2. The first kappa shape index (κ1) is 24.4. The molecule has 1 aliphatic heterocycles. The van der Waals surface area contributed by atoms with E-state index in [9.17, 15) is 42.6 Å². The topological polar surface area (TPSA) is 166 Å². The number of rotatable bonds is 6. The number of aliphatic hydroxyl groups excluding tert-OH is 2. The van der Waals surface area contributed by atoms with E-state index in [4.69, 9.17) is 16.9 Å². The van der Waals surface area contributed by atoms with Crippen LogP contribution in [0.5, 0.6) is 0 Å². The summed E-state index contributed by atoms with van der Waals surface area (Å²) in [6.07, 6.45) is -3.67. The Labute approximate surface area is 172 Å². The summed E-state index contributed by atoms with van der Waals surface area (Å²) in [6.45, 7) is -0.444. The van der Waals surface area contributed by atoms with Crippen LogP contribution < -0.4 is 22.3 Å². The second kappa shape index (κ2) is 8.73. The summed E-state index contributed by atoms with van der Waals surface area (Å²) < 4.78 is 45.6. The van der Waals surface area contributed by atoms with Crippen LogP contribution in [0.15, 0.2) is 21.9 Å². The van der Waals surface area contributed by atoms with Crippen LogP contribution in [0.2, 0.25) is 0 Å². The van der Waals surface area contributed by atoms with Crippen molar-refractivity contribution >= 4 is 11.7 Å². The zero-order valence-corrected chi connectivity index (χ0v) is 16.0. The number of nitrogens with zero attached hydrogens (tertiary/aromatic N) is 2. The van der Waals surface area contributed by atoms with Gasteiger partial charge in [-0.1, -0.05) is 5.92 Å². The summed E-state index contributed by atoms with van der Waals surface area (Å²) in [4.78, 5) is 49.4. The Morgan fingerprint density at radius 2 is 2.06 bits per heavy atom. The van der Waals surface area contributed by atoms with Gasteiger partial charge in [0.05, 0.1) is 25.3 Å². The van der Waals surface area contributed by atoms with Crippen LogP contribution in [0, 0.1) is 18.3 Å². The predicted molar refractivity (Wildman–Crippen MR) is 96.6 cm³/mol. The third-order valence-corrected chi connectivity index (χ3v) is 4.61. The van der Waals surface area contributed by atoms with Crippen LogP contribution in [0.4, 0.5) is 13.2 Å². The fourth-order valence-corrected chi connectivity index (χ4v) is 3.23. The molecule has 0 bridgehead atoms. The summed E-state index contributed by atoms with van der Waals surface area (Å²) in [6, 6.07) is -0.693. The molecule has 1 aromatic rings. The van der Waals surface area contributed by atoms with Gasteiger partial charge in [0.2, 0.25) is 11.6 Å². The fourth-order valence-electron chi connectivity index (χ4n) is 3.23. The average molecular weight is 448 g/mol. The number of nitrogens with two attached hydrogens (primary N) is 1. The molecule has 2 rings (SSSR count). The van der Waals surface area contributed by atoms with Crippen LogP contribution >= 0.6 is 0 Å². The number of hydrogen-bond donors (Lipinski definition) is 4. The molecule has 14 heteroatoms. The van der Waals surface area contributed by atoms with Gasteiger partial charge in [-0.3, -0.25) is 24.3 Å². The second-order valence-corrected chi connectivity index (χ2v) is 6.69. The molecule has 170 valence electrons. The summed E-state index contributed by atoms with van der Waals surface area (Å²) >= 11 is 0. The molecule has 0 unspecified atom stereocenters. The Bertz CT molecular complexity index is 1030. The lowest BCUT2D eigenvalue weighted by atomic mass is 9.90. The van der Waals surface area contributed by atoms with Crippen molar-refractivity contribution in [3.8, 4) is 12.3 Å². The van der Waals surface area contributed by atoms with Crippen molar-refractivity contribution in [2.24, 2.45) is 11.7 Å². The van der Waals surface area contributed by atoms with Crippen LogP contribution in [0.1, 0.15) is 11.7 Å². The van der Waals surface area contributed by atoms with Gasteiger partial charge in [-0.25, -0.2) is 4.79 Å². The first-order valence-electron chi connectivity index (χ1n) is 8.74. The Balaban J connectivity index is 2.88. The molecule has 0 spiro atoms. The maximum Gasteiger partial charge on any atom is 0.450 e. The third kappa shape index (κ3) is 4.18. The van der Waals surface area contributed by atoms with Crippen LogP contribution in [-0.4, -0.2) is 68.6 Å². The van der Waals surface area contributed by atoms with Gasteiger partial charge in [-0.15, -0.1) is 6.42 Å². The quantitative estimate of drug-likeness (QED) is 0.340. The van der Waals surface area contributed by atoms with E-state index in [-0.39, 0.29) is 4.57 Å². The maximum atomic E-state index is 13.3.